The lowest BCUT2D eigenvalue weighted by atomic mass is 10.00. The molecule has 0 aliphatic heterocycles. The molecule has 4 aromatic rings. The van der Waals surface area contributed by atoms with Gasteiger partial charge in [-0.1, -0.05) is 18.2 Å². The van der Waals surface area contributed by atoms with Gasteiger partial charge >= 0.3 is 0 Å². The summed E-state index contributed by atoms with van der Waals surface area (Å²) < 4.78 is 5.50. The van der Waals surface area contributed by atoms with Crippen molar-refractivity contribution < 1.29 is 14.3 Å². The van der Waals surface area contributed by atoms with Crippen LogP contribution in [0, 0.1) is 0 Å². The van der Waals surface area contributed by atoms with Crippen molar-refractivity contribution in [3.8, 4) is 28.1 Å². The first-order valence-electron chi connectivity index (χ1n) is 10.7. The van der Waals surface area contributed by atoms with E-state index in [9.17, 15) is 9.59 Å². The van der Waals surface area contributed by atoms with Crippen LogP contribution in [0.4, 0.5) is 5.69 Å². The molecule has 2 aromatic heterocycles. The standard InChI is InChI=1S/C25H26N6O3/c1-14(26)24(32)28-20-10-9-15(11-18(20)25(33)31(2)3)16-12-19-22(29-30-23(19)27-13-16)17-7-5-6-8-21(17)34-4/h5-14H,26H2,1-4H3,(H,28,32)(H,27,29,30)/t14-/m1/s1. The van der Waals surface area contributed by atoms with Crippen molar-refractivity contribution >= 4 is 28.5 Å². The summed E-state index contributed by atoms with van der Waals surface area (Å²) in [5, 5.41) is 11.0. The third-order valence-corrected chi connectivity index (χ3v) is 5.44. The van der Waals surface area contributed by atoms with Gasteiger partial charge in [0, 0.05) is 36.8 Å². The number of pyridine rings is 1. The Morgan fingerprint density at radius 2 is 1.88 bits per heavy atom. The lowest BCUT2D eigenvalue weighted by Gasteiger charge is -2.17. The first-order chi connectivity index (χ1) is 16.3. The molecule has 34 heavy (non-hydrogen) atoms. The van der Waals surface area contributed by atoms with Gasteiger partial charge in [-0.15, -0.1) is 0 Å². The van der Waals surface area contributed by atoms with Crippen LogP contribution in [-0.2, 0) is 4.79 Å². The molecule has 0 unspecified atom stereocenters. The molecule has 2 aromatic carbocycles. The summed E-state index contributed by atoms with van der Waals surface area (Å²) in [5.74, 6) is 0.0896. The molecule has 1 atom stereocenters. The number of fused-ring (bicyclic) bond motifs is 1. The monoisotopic (exact) mass is 458 g/mol. The maximum atomic E-state index is 12.9. The lowest BCUT2D eigenvalue weighted by Crippen LogP contribution is -2.33. The largest absolute Gasteiger partial charge is 0.496 e. The van der Waals surface area contributed by atoms with Crippen LogP contribution in [0.2, 0.25) is 0 Å². The van der Waals surface area contributed by atoms with E-state index in [1.165, 1.54) is 4.90 Å². The molecule has 0 saturated carbocycles. The number of H-pyrrole nitrogens is 1. The van der Waals surface area contributed by atoms with Gasteiger partial charge in [0.25, 0.3) is 5.91 Å². The Bertz CT molecular complexity index is 1380. The van der Waals surface area contributed by atoms with E-state index in [0.717, 1.165) is 22.1 Å². The predicted molar refractivity (Wildman–Crippen MR) is 132 cm³/mol. The third kappa shape index (κ3) is 4.33. The van der Waals surface area contributed by atoms with Gasteiger partial charge in [0.1, 0.15) is 11.4 Å². The summed E-state index contributed by atoms with van der Waals surface area (Å²) >= 11 is 0. The number of nitrogens with one attached hydrogen (secondary N) is 2. The summed E-state index contributed by atoms with van der Waals surface area (Å²) in [4.78, 5) is 31.0. The molecule has 0 spiro atoms. The van der Waals surface area contributed by atoms with E-state index in [0.29, 0.717) is 28.3 Å². The summed E-state index contributed by atoms with van der Waals surface area (Å²) in [7, 11) is 4.93. The molecular formula is C25H26N6O3. The Hall–Kier alpha value is -4.24. The van der Waals surface area contributed by atoms with Crippen molar-refractivity contribution in [2.24, 2.45) is 5.73 Å². The number of rotatable bonds is 6. The SMILES string of the molecule is COc1ccccc1-c1n[nH]c2ncc(-c3ccc(NC(=O)[C@@H](C)N)c(C(=O)N(C)C)c3)cc12. The quantitative estimate of drug-likeness (QED) is 0.407. The molecule has 0 saturated heterocycles. The second-order valence-corrected chi connectivity index (χ2v) is 8.13. The van der Waals surface area contributed by atoms with Crippen molar-refractivity contribution in [2.75, 3.05) is 26.5 Å². The Labute approximate surface area is 196 Å². The maximum Gasteiger partial charge on any atom is 0.255 e. The van der Waals surface area contributed by atoms with Gasteiger partial charge in [-0.3, -0.25) is 14.7 Å². The highest BCUT2D eigenvalue weighted by molar-refractivity contribution is 6.05. The van der Waals surface area contributed by atoms with Gasteiger partial charge in [0.05, 0.1) is 24.4 Å². The van der Waals surface area contributed by atoms with E-state index >= 15 is 0 Å². The molecule has 0 radical (unpaired) electrons. The van der Waals surface area contributed by atoms with Crippen molar-refractivity contribution in [1.29, 1.82) is 0 Å². The zero-order valence-corrected chi connectivity index (χ0v) is 19.4. The topological polar surface area (TPSA) is 126 Å². The van der Waals surface area contributed by atoms with Crippen molar-refractivity contribution in [2.45, 2.75) is 13.0 Å². The van der Waals surface area contributed by atoms with E-state index < -0.39 is 6.04 Å². The van der Waals surface area contributed by atoms with E-state index in [-0.39, 0.29) is 11.8 Å². The normalized spacial score (nSPS) is 11.8. The van der Waals surface area contributed by atoms with Crippen LogP contribution in [-0.4, -0.2) is 59.1 Å². The van der Waals surface area contributed by atoms with Crippen LogP contribution in [0.1, 0.15) is 17.3 Å². The van der Waals surface area contributed by atoms with Crippen LogP contribution in [0.5, 0.6) is 5.75 Å². The molecule has 0 bridgehead atoms. The van der Waals surface area contributed by atoms with Crippen LogP contribution in [0.25, 0.3) is 33.4 Å². The molecule has 4 N–H and O–H groups in total. The number of nitrogens with zero attached hydrogens (tertiary/aromatic N) is 3. The fourth-order valence-corrected chi connectivity index (χ4v) is 3.60. The number of para-hydroxylation sites is 1. The molecule has 174 valence electrons. The van der Waals surface area contributed by atoms with Gasteiger partial charge in [-0.25, -0.2) is 4.98 Å². The first kappa shape index (κ1) is 22.9. The minimum atomic E-state index is -0.705. The first-order valence-corrected chi connectivity index (χ1v) is 10.7. The highest BCUT2D eigenvalue weighted by atomic mass is 16.5. The Morgan fingerprint density at radius 1 is 1.12 bits per heavy atom. The predicted octanol–water partition coefficient (Wildman–Crippen LogP) is 3.29. The van der Waals surface area contributed by atoms with Crippen LogP contribution in [0.15, 0.2) is 54.7 Å². The molecule has 0 aliphatic rings. The molecule has 2 heterocycles. The smallest absolute Gasteiger partial charge is 0.255 e. The molecule has 4 rings (SSSR count). The number of aromatic nitrogens is 3. The van der Waals surface area contributed by atoms with Crippen LogP contribution >= 0.6 is 0 Å². The number of hydrogen-bond acceptors (Lipinski definition) is 6. The van der Waals surface area contributed by atoms with Gasteiger partial charge in [0.2, 0.25) is 5.91 Å². The number of ether oxygens (including phenoxy) is 1. The second kappa shape index (κ2) is 9.32. The van der Waals surface area contributed by atoms with Gasteiger partial charge in [-0.05, 0) is 42.8 Å². The second-order valence-electron chi connectivity index (χ2n) is 8.13. The number of benzene rings is 2. The van der Waals surface area contributed by atoms with Gasteiger partial charge in [0.15, 0.2) is 5.65 Å². The van der Waals surface area contributed by atoms with Crippen molar-refractivity contribution in [3.05, 3.63) is 60.3 Å². The molecule has 0 aliphatic carbocycles. The van der Waals surface area contributed by atoms with Gasteiger partial charge in [-0.2, -0.15) is 5.10 Å². The van der Waals surface area contributed by atoms with E-state index in [4.69, 9.17) is 10.5 Å². The minimum absolute atomic E-state index is 0.242. The molecule has 9 heteroatoms. The highest BCUT2D eigenvalue weighted by Gasteiger charge is 2.19. The van der Waals surface area contributed by atoms with E-state index in [1.54, 1.807) is 46.5 Å². The van der Waals surface area contributed by atoms with Gasteiger partial charge < -0.3 is 20.7 Å². The van der Waals surface area contributed by atoms with Crippen molar-refractivity contribution in [3.63, 3.8) is 0 Å². The van der Waals surface area contributed by atoms with E-state index in [2.05, 4.69) is 20.5 Å². The van der Waals surface area contributed by atoms with Crippen LogP contribution < -0.4 is 15.8 Å². The minimum Gasteiger partial charge on any atom is -0.496 e. The number of methoxy groups -OCH3 is 1. The Balaban J connectivity index is 1.81. The number of amides is 2. The Kier molecular flexibility index (Phi) is 6.29. The number of aromatic amines is 1. The van der Waals surface area contributed by atoms with E-state index in [1.807, 2.05) is 36.4 Å². The summed E-state index contributed by atoms with van der Waals surface area (Å²) in [5.41, 5.74) is 10.2. The number of carbonyl (C=O) groups is 2. The summed E-state index contributed by atoms with van der Waals surface area (Å²) in [6.45, 7) is 1.59. The third-order valence-electron chi connectivity index (χ3n) is 5.44. The maximum absolute atomic E-state index is 12.9. The molecule has 2 amide bonds. The van der Waals surface area contributed by atoms with Crippen molar-refractivity contribution in [1.82, 2.24) is 20.1 Å². The summed E-state index contributed by atoms with van der Waals surface area (Å²) in [6, 6.07) is 14.2. The summed E-state index contributed by atoms with van der Waals surface area (Å²) in [6.07, 6.45) is 1.71. The number of nitrogens with two attached hydrogens (primary N) is 1. The zero-order chi connectivity index (χ0) is 24.4. The average molecular weight is 459 g/mol. The molecule has 0 fully saturated rings. The number of carbonyl (C=O) groups excluding carboxylic acids is 2. The molecule has 9 nitrogen and oxygen atoms in total. The number of anilines is 1. The average Bonchev–Trinajstić information content (AvgIpc) is 3.26. The highest BCUT2D eigenvalue weighted by Crippen LogP contribution is 2.35. The fourth-order valence-electron chi connectivity index (χ4n) is 3.60. The Morgan fingerprint density at radius 3 is 2.59 bits per heavy atom. The van der Waals surface area contributed by atoms with Crippen LogP contribution in [0.3, 0.4) is 0 Å². The zero-order valence-electron chi connectivity index (χ0n) is 19.4. The fraction of sp³-hybridized carbons (Fsp3) is 0.200. The number of hydrogen-bond donors (Lipinski definition) is 3. The molecular weight excluding hydrogens is 432 g/mol. The lowest BCUT2D eigenvalue weighted by molar-refractivity contribution is -0.117.